The number of carboxylic acids is 1. The maximum absolute atomic E-state index is 12.2. The van der Waals surface area contributed by atoms with Crippen LogP contribution in [0, 0.1) is 0 Å². The molecule has 1 N–H and O–H groups in total. The van der Waals surface area contributed by atoms with Gasteiger partial charge in [-0.25, -0.2) is 4.79 Å². The summed E-state index contributed by atoms with van der Waals surface area (Å²) in [6.45, 7) is 5.63. The Balaban J connectivity index is 2.37. The highest BCUT2D eigenvalue weighted by Crippen LogP contribution is 2.11. The fourth-order valence-electron chi connectivity index (χ4n) is 2.10. The van der Waals surface area contributed by atoms with Gasteiger partial charge in [-0.3, -0.25) is 4.79 Å². The Morgan fingerprint density at radius 1 is 1.24 bits per heavy atom. The topological polar surface area (TPSA) is 75.4 Å². The molecule has 21 heavy (non-hydrogen) atoms. The summed E-state index contributed by atoms with van der Waals surface area (Å²) in [5, 5.41) is 13.0. The summed E-state index contributed by atoms with van der Waals surface area (Å²) in [7, 11) is 0. The number of nitrogens with zero attached hydrogens (tertiary/aromatic N) is 3. The van der Waals surface area contributed by atoms with Crippen LogP contribution in [0.4, 0.5) is 5.69 Å². The lowest BCUT2D eigenvalue weighted by molar-refractivity contribution is 0.0697. The normalized spacial score (nSPS) is 10.4. The third-order valence-electron chi connectivity index (χ3n) is 3.27. The van der Waals surface area contributed by atoms with Crippen molar-refractivity contribution in [3.05, 3.63) is 52.4 Å². The van der Waals surface area contributed by atoms with E-state index in [0.29, 0.717) is 5.69 Å². The second-order valence-electron chi connectivity index (χ2n) is 4.49. The first-order valence-corrected chi connectivity index (χ1v) is 6.74. The molecule has 0 radical (unpaired) electrons. The highest BCUT2D eigenvalue weighted by Gasteiger charge is 2.08. The smallest absolute Gasteiger partial charge is 0.335 e. The third kappa shape index (κ3) is 3.10. The Bertz CT molecular complexity index is 688. The minimum Gasteiger partial charge on any atom is -0.478 e. The molecule has 0 saturated heterocycles. The molecule has 0 fully saturated rings. The molecule has 1 aromatic heterocycles. The fraction of sp³-hybridized carbons (Fsp3) is 0.267. The molecule has 0 amide bonds. The SMILES string of the molecule is CCN(CC)c1cnn(-c2ccc(C(=O)O)cc2)c(=O)c1. The van der Waals surface area contributed by atoms with Crippen molar-refractivity contribution < 1.29 is 9.90 Å². The zero-order valence-electron chi connectivity index (χ0n) is 12.0. The Labute approximate surface area is 122 Å². The summed E-state index contributed by atoms with van der Waals surface area (Å²) in [4.78, 5) is 25.0. The van der Waals surface area contributed by atoms with Crippen LogP contribution in [-0.4, -0.2) is 33.9 Å². The van der Waals surface area contributed by atoms with Crippen LogP contribution in [0.2, 0.25) is 0 Å². The van der Waals surface area contributed by atoms with Gasteiger partial charge in [0.1, 0.15) is 0 Å². The number of hydrogen-bond donors (Lipinski definition) is 1. The minimum absolute atomic E-state index is 0.173. The molecule has 0 unspecified atom stereocenters. The number of anilines is 1. The average molecular weight is 287 g/mol. The van der Waals surface area contributed by atoms with Crippen molar-refractivity contribution in [2.45, 2.75) is 13.8 Å². The Hall–Kier alpha value is -2.63. The molecule has 6 heteroatoms. The third-order valence-corrected chi connectivity index (χ3v) is 3.27. The van der Waals surface area contributed by atoms with E-state index in [-0.39, 0.29) is 11.1 Å². The van der Waals surface area contributed by atoms with E-state index in [1.807, 2.05) is 18.7 Å². The van der Waals surface area contributed by atoms with Crippen LogP contribution in [-0.2, 0) is 0 Å². The maximum atomic E-state index is 12.2. The van der Waals surface area contributed by atoms with E-state index in [1.165, 1.54) is 22.9 Å². The number of carboxylic acid groups (broad SMARTS) is 1. The molecule has 0 saturated carbocycles. The lowest BCUT2D eigenvalue weighted by Gasteiger charge is -2.20. The molecule has 1 heterocycles. The molecule has 6 nitrogen and oxygen atoms in total. The van der Waals surface area contributed by atoms with Crippen LogP contribution in [0.25, 0.3) is 5.69 Å². The second kappa shape index (κ2) is 6.21. The van der Waals surface area contributed by atoms with E-state index < -0.39 is 5.97 Å². The van der Waals surface area contributed by atoms with E-state index in [0.717, 1.165) is 18.8 Å². The number of rotatable bonds is 5. The van der Waals surface area contributed by atoms with Gasteiger partial charge in [0.25, 0.3) is 5.56 Å². The van der Waals surface area contributed by atoms with E-state index in [1.54, 1.807) is 18.3 Å². The van der Waals surface area contributed by atoms with Crippen molar-refractivity contribution in [2.24, 2.45) is 0 Å². The Kier molecular flexibility index (Phi) is 4.37. The van der Waals surface area contributed by atoms with Crippen molar-refractivity contribution in [1.82, 2.24) is 9.78 Å². The quantitative estimate of drug-likeness (QED) is 0.907. The van der Waals surface area contributed by atoms with Gasteiger partial charge in [-0.1, -0.05) is 0 Å². The molecule has 1 aromatic carbocycles. The largest absolute Gasteiger partial charge is 0.478 e. The van der Waals surface area contributed by atoms with E-state index >= 15 is 0 Å². The number of hydrogen-bond acceptors (Lipinski definition) is 4. The summed E-state index contributed by atoms with van der Waals surface area (Å²) in [5.74, 6) is -1.00. The first-order chi connectivity index (χ1) is 10.1. The van der Waals surface area contributed by atoms with Gasteiger partial charge in [-0.05, 0) is 38.1 Å². The van der Waals surface area contributed by atoms with Crippen molar-refractivity contribution in [3.8, 4) is 5.69 Å². The van der Waals surface area contributed by atoms with Crippen molar-refractivity contribution in [3.63, 3.8) is 0 Å². The molecule has 0 aliphatic carbocycles. The van der Waals surface area contributed by atoms with Gasteiger partial charge in [-0.2, -0.15) is 9.78 Å². The highest BCUT2D eigenvalue weighted by atomic mass is 16.4. The van der Waals surface area contributed by atoms with Crippen LogP contribution in [0.5, 0.6) is 0 Å². The Morgan fingerprint density at radius 3 is 2.33 bits per heavy atom. The first-order valence-electron chi connectivity index (χ1n) is 6.74. The van der Waals surface area contributed by atoms with Crippen molar-refractivity contribution in [2.75, 3.05) is 18.0 Å². The standard InChI is InChI=1S/C15H17N3O3/c1-3-17(4-2)13-9-14(19)18(16-10-13)12-7-5-11(6-8-12)15(20)21/h5-10H,3-4H2,1-2H3,(H,20,21). The zero-order valence-corrected chi connectivity index (χ0v) is 12.0. The molecular formula is C15H17N3O3. The molecule has 2 rings (SSSR count). The van der Waals surface area contributed by atoms with E-state index in [4.69, 9.17) is 5.11 Å². The van der Waals surface area contributed by atoms with Crippen LogP contribution in [0.15, 0.2) is 41.3 Å². The van der Waals surface area contributed by atoms with E-state index in [2.05, 4.69) is 5.10 Å². The van der Waals surface area contributed by atoms with Crippen molar-refractivity contribution in [1.29, 1.82) is 0 Å². The number of aromatic carboxylic acids is 1. The molecular weight excluding hydrogens is 270 g/mol. The molecule has 0 bridgehead atoms. The summed E-state index contributed by atoms with van der Waals surface area (Å²) < 4.78 is 1.25. The molecule has 2 aromatic rings. The highest BCUT2D eigenvalue weighted by molar-refractivity contribution is 5.87. The maximum Gasteiger partial charge on any atom is 0.335 e. The predicted octanol–water partition coefficient (Wildman–Crippen LogP) is 1.78. The van der Waals surface area contributed by atoms with Crippen molar-refractivity contribution >= 4 is 11.7 Å². The minimum atomic E-state index is -1.00. The fourth-order valence-corrected chi connectivity index (χ4v) is 2.10. The summed E-state index contributed by atoms with van der Waals surface area (Å²) in [6.07, 6.45) is 1.64. The number of carbonyl (C=O) groups is 1. The number of aromatic nitrogens is 2. The molecule has 0 aliphatic heterocycles. The van der Waals surface area contributed by atoms with Gasteiger partial charge in [0.05, 0.1) is 23.1 Å². The summed E-state index contributed by atoms with van der Waals surface area (Å²) >= 11 is 0. The van der Waals surface area contributed by atoms with Gasteiger partial charge < -0.3 is 10.0 Å². The lowest BCUT2D eigenvalue weighted by atomic mass is 10.2. The summed E-state index contributed by atoms with van der Waals surface area (Å²) in [5.41, 5.74) is 1.24. The van der Waals surface area contributed by atoms with Crippen LogP contribution in [0.3, 0.4) is 0 Å². The predicted molar refractivity (Wildman–Crippen MR) is 80.4 cm³/mol. The van der Waals surface area contributed by atoms with Gasteiger partial charge in [0, 0.05) is 19.2 Å². The van der Waals surface area contributed by atoms with Gasteiger partial charge in [0.2, 0.25) is 0 Å². The average Bonchev–Trinajstić information content (AvgIpc) is 2.49. The molecule has 0 spiro atoms. The lowest BCUT2D eigenvalue weighted by Crippen LogP contribution is -2.27. The molecule has 110 valence electrons. The molecule has 0 atom stereocenters. The summed E-state index contributed by atoms with van der Waals surface area (Å²) in [6, 6.07) is 7.56. The van der Waals surface area contributed by atoms with Gasteiger partial charge >= 0.3 is 5.97 Å². The first kappa shape index (κ1) is 14.8. The van der Waals surface area contributed by atoms with Crippen LogP contribution in [0.1, 0.15) is 24.2 Å². The van der Waals surface area contributed by atoms with Crippen LogP contribution < -0.4 is 10.5 Å². The number of benzene rings is 1. The second-order valence-corrected chi connectivity index (χ2v) is 4.49. The molecule has 0 aliphatic rings. The van der Waals surface area contributed by atoms with Gasteiger partial charge in [0.15, 0.2) is 0 Å². The van der Waals surface area contributed by atoms with E-state index in [9.17, 15) is 9.59 Å². The Morgan fingerprint density at radius 2 is 1.86 bits per heavy atom. The monoisotopic (exact) mass is 287 g/mol. The van der Waals surface area contributed by atoms with Crippen LogP contribution >= 0.6 is 0 Å². The van der Waals surface area contributed by atoms with Gasteiger partial charge in [-0.15, -0.1) is 0 Å². The zero-order chi connectivity index (χ0) is 15.4.